The van der Waals surface area contributed by atoms with Gasteiger partial charge < -0.3 is 10.8 Å². The van der Waals surface area contributed by atoms with Crippen molar-refractivity contribution >= 4 is 11.7 Å². The smallest absolute Gasteiger partial charge is 0.339 e. The molecule has 5 nitrogen and oxygen atoms in total. The molecule has 4 saturated carbocycles. The number of carbonyl (C=O) groups is 1. The molecule has 0 aliphatic heterocycles. The van der Waals surface area contributed by atoms with E-state index in [0.717, 1.165) is 11.8 Å². The third-order valence-corrected chi connectivity index (χ3v) is 5.66. The molecule has 106 valence electrons. The quantitative estimate of drug-likeness (QED) is 0.863. The summed E-state index contributed by atoms with van der Waals surface area (Å²) in [6.07, 6.45) is 7.65. The number of hydrogen-bond donors (Lipinski definition) is 2. The summed E-state index contributed by atoms with van der Waals surface area (Å²) in [7, 11) is 0. The Bertz CT molecular complexity index is 544. The summed E-state index contributed by atoms with van der Waals surface area (Å²) in [5.74, 6) is 2.17. The maximum absolute atomic E-state index is 11.5. The summed E-state index contributed by atoms with van der Waals surface area (Å²) in [4.78, 5) is 11.5. The normalized spacial score (nSPS) is 38.1. The fraction of sp³-hybridized carbons (Fsp3) is 0.667. The van der Waals surface area contributed by atoms with E-state index in [2.05, 4.69) is 10.2 Å². The number of hydrogen-bond acceptors (Lipinski definition) is 4. The number of rotatable bonds is 2. The first-order valence-electron chi connectivity index (χ1n) is 7.47. The molecule has 1 aromatic heterocycles. The molecule has 4 aliphatic rings. The van der Waals surface area contributed by atoms with Gasteiger partial charge in [0.2, 0.25) is 0 Å². The van der Waals surface area contributed by atoms with Crippen LogP contribution in [0.2, 0.25) is 0 Å². The lowest BCUT2D eigenvalue weighted by Crippen LogP contribution is -2.44. The van der Waals surface area contributed by atoms with Gasteiger partial charge in [-0.3, -0.25) is 0 Å². The van der Waals surface area contributed by atoms with Gasteiger partial charge in [-0.15, -0.1) is 0 Å². The van der Waals surface area contributed by atoms with Crippen molar-refractivity contribution in [3.8, 4) is 0 Å². The van der Waals surface area contributed by atoms with E-state index in [9.17, 15) is 9.90 Å². The predicted octanol–water partition coefficient (Wildman–Crippen LogP) is 2.30. The second-order valence-corrected chi connectivity index (χ2v) is 6.82. The standard InChI is InChI=1S/C15H19N3O2/c16-11-6-17-18-14(13(11)15(19)20)12-9-2-7-1-8(4-9)5-10(12)3-7/h6-10,12H,1-5H2,(H2,16,18)(H,19,20). The van der Waals surface area contributed by atoms with Crippen LogP contribution in [-0.4, -0.2) is 21.3 Å². The van der Waals surface area contributed by atoms with E-state index in [1.54, 1.807) is 0 Å². The second kappa shape index (κ2) is 4.17. The molecule has 4 aliphatic carbocycles. The first kappa shape index (κ1) is 12.1. The topological polar surface area (TPSA) is 89.1 Å². The summed E-state index contributed by atoms with van der Waals surface area (Å²) in [6, 6.07) is 0. The van der Waals surface area contributed by atoms with Crippen LogP contribution in [0.4, 0.5) is 5.69 Å². The molecule has 0 spiro atoms. The molecule has 0 amide bonds. The number of nitrogens with zero attached hydrogens (tertiary/aromatic N) is 2. The van der Waals surface area contributed by atoms with Crippen molar-refractivity contribution in [1.29, 1.82) is 0 Å². The first-order chi connectivity index (χ1) is 9.63. The number of nitrogens with two attached hydrogens (primary N) is 1. The molecule has 0 radical (unpaired) electrons. The van der Waals surface area contributed by atoms with Crippen molar-refractivity contribution in [1.82, 2.24) is 10.2 Å². The molecule has 0 saturated heterocycles. The van der Waals surface area contributed by atoms with Crippen LogP contribution in [0.15, 0.2) is 6.20 Å². The van der Waals surface area contributed by atoms with Crippen LogP contribution < -0.4 is 5.73 Å². The van der Waals surface area contributed by atoms with Crippen LogP contribution in [0.25, 0.3) is 0 Å². The van der Waals surface area contributed by atoms with E-state index in [1.165, 1.54) is 38.3 Å². The Kier molecular flexibility index (Phi) is 2.53. The third kappa shape index (κ3) is 1.65. The molecule has 4 fully saturated rings. The Morgan fingerprint density at radius 2 is 1.75 bits per heavy atom. The predicted molar refractivity (Wildman–Crippen MR) is 73.2 cm³/mol. The van der Waals surface area contributed by atoms with Gasteiger partial charge in [-0.2, -0.15) is 10.2 Å². The summed E-state index contributed by atoms with van der Waals surface area (Å²) < 4.78 is 0. The fourth-order valence-corrected chi connectivity index (χ4v) is 5.25. The van der Waals surface area contributed by atoms with E-state index in [1.807, 2.05) is 0 Å². The highest BCUT2D eigenvalue weighted by Crippen LogP contribution is 2.59. The van der Waals surface area contributed by atoms with Crippen molar-refractivity contribution in [2.24, 2.45) is 23.7 Å². The zero-order valence-corrected chi connectivity index (χ0v) is 11.3. The van der Waals surface area contributed by atoms with E-state index < -0.39 is 5.97 Å². The van der Waals surface area contributed by atoms with E-state index in [4.69, 9.17) is 5.73 Å². The zero-order chi connectivity index (χ0) is 13.9. The lowest BCUT2D eigenvalue weighted by Gasteiger charge is -2.54. The SMILES string of the molecule is Nc1cnnc(C2C3CC4CC(C3)CC2C4)c1C(=O)O. The van der Waals surface area contributed by atoms with Crippen molar-refractivity contribution in [3.05, 3.63) is 17.5 Å². The first-order valence-corrected chi connectivity index (χ1v) is 7.47. The molecule has 0 aromatic carbocycles. The Balaban J connectivity index is 1.78. The number of anilines is 1. The van der Waals surface area contributed by atoms with Crippen LogP contribution in [0.5, 0.6) is 0 Å². The van der Waals surface area contributed by atoms with Crippen molar-refractivity contribution in [2.75, 3.05) is 5.73 Å². The Hall–Kier alpha value is -1.65. The van der Waals surface area contributed by atoms with E-state index in [0.29, 0.717) is 17.5 Å². The zero-order valence-electron chi connectivity index (χ0n) is 11.3. The molecule has 0 unspecified atom stereocenters. The van der Waals surface area contributed by atoms with Gasteiger partial charge >= 0.3 is 5.97 Å². The van der Waals surface area contributed by atoms with Gasteiger partial charge in [-0.05, 0) is 55.8 Å². The average Bonchev–Trinajstić information content (AvgIpc) is 2.36. The van der Waals surface area contributed by atoms with Crippen molar-refractivity contribution in [3.63, 3.8) is 0 Å². The minimum atomic E-state index is -0.971. The summed E-state index contributed by atoms with van der Waals surface area (Å²) in [6.45, 7) is 0. The van der Waals surface area contributed by atoms with Gasteiger partial charge in [0.05, 0.1) is 17.6 Å². The maximum Gasteiger partial charge on any atom is 0.339 e. The number of carboxylic acid groups (broad SMARTS) is 1. The molecule has 1 heterocycles. The molecule has 5 rings (SSSR count). The van der Waals surface area contributed by atoms with Crippen molar-refractivity contribution in [2.45, 2.75) is 38.0 Å². The number of aromatic nitrogens is 2. The van der Waals surface area contributed by atoms with Crippen LogP contribution in [0.1, 0.15) is 54.1 Å². The van der Waals surface area contributed by atoms with Crippen LogP contribution in [0.3, 0.4) is 0 Å². The summed E-state index contributed by atoms with van der Waals surface area (Å²) >= 11 is 0. The minimum absolute atomic E-state index is 0.192. The van der Waals surface area contributed by atoms with Gasteiger partial charge in [-0.25, -0.2) is 4.79 Å². The number of carboxylic acids is 1. The molecule has 3 N–H and O–H groups in total. The van der Waals surface area contributed by atoms with Gasteiger partial charge in [0.1, 0.15) is 5.56 Å². The largest absolute Gasteiger partial charge is 0.478 e. The number of nitrogen functional groups attached to an aromatic ring is 1. The van der Waals surface area contributed by atoms with Gasteiger partial charge in [0, 0.05) is 5.92 Å². The molecular weight excluding hydrogens is 254 g/mol. The molecule has 20 heavy (non-hydrogen) atoms. The Morgan fingerprint density at radius 3 is 2.30 bits per heavy atom. The van der Waals surface area contributed by atoms with Crippen molar-refractivity contribution < 1.29 is 9.90 Å². The molecule has 5 heteroatoms. The fourth-order valence-electron chi connectivity index (χ4n) is 5.25. The summed E-state index contributed by atoms with van der Waals surface area (Å²) in [5, 5.41) is 17.6. The summed E-state index contributed by atoms with van der Waals surface area (Å²) in [5.41, 5.74) is 6.92. The maximum atomic E-state index is 11.5. The van der Waals surface area contributed by atoms with Gasteiger partial charge in [-0.1, -0.05) is 0 Å². The lowest BCUT2D eigenvalue weighted by molar-refractivity contribution is -0.00481. The molecule has 4 bridgehead atoms. The van der Waals surface area contributed by atoms with E-state index >= 15 is 0 Å². The van der Waals surface area contributed by atoms with Gasteiger partial charge in [0.15, 0.2) is 0 Å². The van der Waals surface area contributed by atoms with Crippen LogP contribution in [-0.2, 0) is 0 Å². The minimum Gasteiger partial charge on any atom is -0.478 e. The molecule has 0 atom stereocenters. The molecule has 1 aromatic rings. The third-order valence-electron chi connectivity index (χ3n) is 5.66. The Morgan fingerprint density at radius 1 is 1.15 bits per heavy atom. The van der Waals surface area contributed by atoms with E-state index in [-0.39, 0.29) is 17.2 Å². The van der Waals surface area contributed by atoms with Crippen LogP contribution in [0, 0.1) is 23.7 Å². The van der Waals surface area contributed by atoms with Gasteiger partial charge in [0.25, 0.3) is 0 Å². The lowest BCUT2D eigenvalue weighted by atomic mass is 9.51. The average molecular weight is 273 g/mol. The molecular formula is C15H19N3O2. The second-order valence-electron chi connectivity index (χ2n) is 6.82. The number of aromatic carboxylic acids is 1. The highest BCUT2D eigenvalue weighted by atomic mass is 16.4. The highest BCUT2D eigenvalue weighted by molar-refractivity contribution is 5.94. The monoisotopic (exact) mass is 273 g/mol. The van der Waals surface area contributed by atoms with Crippen LogP contribution >= 0.6 is 0 Å². The Labute approximate surface area is 117 Å². The highest BCUT2D eigenvalue weighted by Gasteiger charge is 2.50.